The average Bonchev–Trinajstić information content (AvgIpc) is 3.29. The van der Waals surface area contributed by atoms with Crippen LogP contribution >= 0.6 is 0 Å². The molecule has 0 bridgehead atoms. The van der Waals surface area contributed by atoms with Crippen molar-refractivity contribution in [3.05, 3.63) is 77.7 Å². The third-order valence-corrected chi connectivity index (χ3v) is 7.83. The maximum atomic E-state index is 12.2. The van der Waals surface area contributed by atoms with Gasteiger partial charge in [-0.25, -0.2) is 4.98 Å². The van der Waals surface area contributed by atoms with Gasteiger partial charge in [-0.15, -0.1) is 0 Å². The van der Waals surface area contributed by atoms with E-state index in [1.165, 1.54) is 11.3 Å². The summed E-state index contributed by atoms with van der Waals surface area (Å²) in [7, 11) is 7.60. The lowest BCUT2D eigenvalue weighted by atomic mass is 9.88. The first-order chi connectivity index (χ1) is 17.9. The van der Waals surface area contributed by atoms with E-state index >= 15 is 0 Å². The maximum Gasteiger partial charge on any atom is 0.253 e. The summed E-state index contributed by atoms with van der Waals surface area (Å²) in [6.45, 7) is 4.38. The molecule has 1 amide bonds. The van der Waals surface area contributed by atoms with Gasteiger partial charge in [0.15, 0.2) is 0 Å². The summed E-state index contributed by atoms with van der Waals surface area (Å²) in [6, 6.07) is 16.9. The van der Waals surface area contributed by atoms with Gasteiger partial charge in [-0.3, -0.25) is 14.7 Å². The van der Waals surface area contributed by atoms with Gasteiger partial charge in [0.25, 0.3) is 5.91 Å². The number of carbonyl (C=O) groups is 1. The van der Waals surface area contributed by atoms with Crippen molar-refractivity contribution in [2.24, 2.45) is 7.05 Å². The molecular weight excluding hydrogens is 460 g/mol. The van der Waals surface area contributed by atoms with Crippen molar-refractivity contribution >= 4 is 22.6 Å². The topological polar surface area (TPSA) is 66.3 Å². The van der Waals surface area contributed by atoms with Crippen LogP contribution in [0, 0.1) is 0 Å². The number of hydrogen-bond donors (Lipinski definition) is 1. The molecular formula is C30H36N6O. The molecule has 192 valence electrons. The molecule has 7 nitrogen and oxygen atoms in total. The Hall–Kier alpha value is -3.71. The number of rotatable bonds is 6. The molecule has 0 aliphatic carbocycles. The molecule has 37 heavy (non-hydrogen) atoms. The number of nitrogens with one attached hydrogen (secondary N) is 1. The molecule has 0 radical (unpaired) electrons. The highest BCUT2D eigenvalue weighted by Crippen LogP contribution is 2.35. The number of aryl methyl sites for hydroxylation is 1. The second kappa shape index (κ2) is 10.3. The minimum atomic E-state index is 0.0496. The number of anilines is 1. The van der Waals surface area contributed by atoms with E-state index in [1.54, 1.807) is 19.0 Å². The number of fused-ring (bicyclic) bond motifs is 1. The molecule has 5 rings (SSSR count). The van der Waals surface area contributed by atoms with Gasteiger partial charge in [0.1, 0.15) is 5.65 Å². The molecule has 4 heterocycles. The van der Waals surface area contributed by atoms with Crippen LogP contribution < -0.4 is 5.32 Å². The Balaban J connectivity index is 1.32. The molecule has 1 aliphatic rings. The Morgan fingerprint density at radius 2 is 1.78 bits per heavy atom. The Bertz CT molecular complexity index is 1380. The molecule has 0 unspecified atom stereocenters. The molecule has 1 aliphatic heterocycles. The summed E-state index contributed by atoms with van der Waals surface area (Å²) in [5.74, 6) is 0.577. The smallest absolute Gasteiger partial charge is 0.253 e. The molecule has 7 heteroatoms. The Morgan fingerprint density at radius 3 is 2.41 bits per heavy atom. The van der Waals surface area contributed by atoms with Crippen LogP contribution in [-0.2, 0) is 7.05 Å². The maximum absolute atomic E-state index is 12.2. The summed E-state index contributed by atoms with van der Waals surface area (Å²) in [4.78, 5) is 25.8. The predicted octanol–water partition coefficient (Wildman–Crippen LogP) is 5.32. The van der Waals surface area contributed by atoms with Crippen molar-refractivity contribution in [3.63, 3.8) is 0 Å². The lowest BCUT2D eigenvalue weighted by Gasteiger charge is -2.36. The minimum absolute atomic E-state index is 0.0496. The minimum Gasteiger partial charge on any atom is -0.387 e. The summed E-state index contributed by atoms with van der Waals surface area (Å²) in [5.41, 5.74) is 7.40. The molecule has 1 atom stereocenters. The number of likely N-dealkylation sites (tertiary alicyclic amines) is 1. The van der Waals surface area contributed by atoms with Crippen molar-refractivity contribution in [1.82, 2.24) is 24.3 Å². The lowest BCUT2D eigenvalue weighted by molar-refractivity contribution is 0.0827. The standard InChI is InChI=1S/C30H36N6O/c1-20(36-16-13-22(14-17-36)21-6-8-23(9-7-21)30(37)34(3)4)28-18-26-25(12-15-32-29(26)35(28)5)27-11-10-24(31-2)19-33-27/h6-12,15,18-20,22,31H,13-14,16-17H2,1-5H3/t20-/m0/s1. The van der Waals surface area contributed by atoms with E-state index in [0.29, 0.717) is 5.92 Å². The zero-order valence-electron chi connectivity index (χ0n) is 22.4. The van der Waals surface area contributed by atoms with Crippen LogP contribution in [-0.4, -0.2) is 64.5 Å². The van der Waals surface area contributed by atoms with Gasteiger partial charge in [0.05, 0.1) is 17.6 Å². The fourth-order valence-electron chi connectivity index (χ4n) is 5.53. The summed E-state index contributed by atoms with van der Waals surface area (Å²) >= 11 is 0. The van der Waals surface area contributed by atoms with E-state index in [-0.39, 0.29) is 11.9 Å². The van der Waals surface area contributed by atoms with E-state index in [1.807, 2.05) is 31.6 Å². The molecule has 4 aromatic rings. The molecule has 1 fully saturated rings. The summed E-state index contributed by atoms with van der Waals surface area (Å²) in [6.07, 6.45) is 5.97. The van der Waals surface area contributed by atoms with E-state index in [2.05, 4.69) is 70.1 Å². The Kier molecular flexibility index (Phi) is 6.98. The van der Waals surface area contributed by atoms with Gasteiger partial charge >= 0.3 is 0 Å². The first-order valence-corrected chi connectivity index (χ1v) is 13.0. The number of carbonyl (C=O) groups excluding carboxylic acids is 1. The van der Waals surface area contributed by atoms with Crippen molar-refractivity contribution in [3.8, 4) is 11.3 Å². The van der Waals surface area contributed by atoms with Crippen molar-refractivity contribution in [2.45, 2.75) is 31.7 Å². The van der Waals surface area contributed by atoms with Crippen molar-refractivity contribution < 1.29 is 4.79 Å². The molecule has 0 saturated carbocycles. The van der Waals surface area contributed by atoms with Gasteiger partial charge in [-0.05, 0) is 80.7 Å². The fourth-order valence-corrected chi connectivity index (χ4v) is 5.53. The van der Waals surface area contributed by atoms with E-state index in [0.717, 1.165) is 59.5 Å². The zero-order valence-corrected chi connectivity index (χ0v) is 22.4. The first kappa shape index (κ1) is 25.0. The van der Waals surface area contributed by atoms with Crippen LogP contribution in [0.15, 0.2) is 60.9 Å². The monoisotopic (exact) mass is 496 g/mol. The number of nitrogens with zero attached hydrogens (tertiary/aromatic N) is 5. The largest absolute Gasteiger partial charge is 0.387 e. The fraction of sp³-hybridized carbons (Fsp3) is 0.367. The molecule has 3 aromatic heterocycles. The highest BCUT2D eigenvalue weighted by molar-refractivity contribution is 5.94. The number of hydrogen-bond acceptors (Lipinski definition) is 5. The predicted molar refractivity (Wildman–Crippen MR) is 150 cm³/mol. The zero-order chi connectivity index (χ0) is 26.1. The van der Waals surface area contributed by atoms with Gasteiger partial charge in [-0.1, -0.05) is 12.1 Å². The number of benzene rings is 1. The molecule has 1 N–H and O–H groups in total. The Labute approximate surface area is 219 Å². The van der Waals surface area contributed by atoms with Crippen LogP contribution in [0.4, 0.5) is 5.69 Å². The molecule has 1 saturated heterocycles. The van der Waals surface area contributed by atoms with E-state index in [9.17, 15) is 4.79 Å². The van der Waals surface area contributed by atoms with Crippen LogP contribution in [0.3, 0.4) is 0 Å². The number of amides is 1. The average molecular weight is 497 g/mol. The third-order valence-electron chi connectivity index (χ3n) is 7.83. The summed E-state index contributed by atoms with van der Waals surface area (Å²) in [5, 5.41) is 4.27. The molecule has 1 aromatic carbocycles. The number of piperidine rings is 1. The van der Waals surface area contributed by atoms with Crippen molar-refractivity contribution in [2.75, 3.05) is 39.5 Å². The van der Waals surface area contributed by atoms with Gasteiger partial charge < -0.3 is 14.8 Å². The van der Waals surface area contributed by atoms with Crippen LogP contribution in [0.1, 0.15) is 53.3 Å². The summed E-state index contributed by atoms with van der Waals surface area (Å²) < 4.78 is 2.23. The lowest BCUT2D eigenvalue weighted by Crippen LogP contribution is -2.35. The van der Waals surface area contributed by atoms with Gasteiger partial charge in [-0.2, -0.15) is 0 Å². The highest BCUT2D eigenvalue weighted by atomic mass is 16.2. The van der Waals surface area contributed by atoms with Gasteiger partial charge in [0, 0.05) is 62.6 Å². The van der Waals surface area contributed by atoms with Gasteiger partial charge in [0.2, 0.25) is 0 Å². The third kappa shape index (κ3) is 4.83. The van der Waals surface area contributed by atoms with Crippen LogP contribution in [0.25, 0.3) is 22.3 Å². The SMILES string of the molecule is CNc1ccc(-c2ccnc3c2cc([C@H](C)N2CCC(c4ccc(C(=O)N(C)C)cc4)CC2)n3C)nc1. The second-order valence-corrected chi connectivity index (χ2v) is 10.2. The van der Waals surface area contributed by atoms with Crippen LogP contribution in [0.5, 0.6) is 0 Å². The first-order valence-electron chi connectivity index (χ1n) is 13.0. The second-order valence-electron chi connectivity index (χ2n) is 10.2. The highest BCUT2D eigenvalue weighted by Gasteiger charge is 2.27. The van der Waals surface area contributed by atoms with E-state index < -0.39 is 0 Å². The normalized spacial score (nSPS) is 15.6. The van der Waals surface area contributed by atoms with Crippen molar-refractivity contribution in [1.29, 1.82) is 0 Å². The van der Waals surface area contributed by atoms with E-state index in [4.69, 9.17) is 4.98 Å². The Morgan fingerprint density at radius 1 is 1.05 bits per heavy atom. The molecule has 0 spiro atoms. The quantitative estimate of drug-likeness (QED) is 0.391. The number of pyridine rings is 2. The van der Waals surface area contributed by atoms with Crippen LogP contribution in [0.2, 0.25) is 0 Å². The number of aromatic nitrogens is 3.